The van der Waals surface area contributed by atoms with Gasteiger partial charge < -0.3 is 11.1 Å². The zero-order valence-corrected chi connectivity index (χ0v) is 11.1. The van der Waals surface area contributed by atoms with Gasteiger partial charge in [0.25, 0.3) is 5.69 Å². The lowest BCUT2D eigenvalue weighted by atomic mass is 10.1. The van der Waals surface area contributed by atoms with Gasteiger partial charge in [-0.1, -0.05) is 24.3 Å². The highest BCUT2D eigenvalue weighted by molar-refractivity contribution is 5.55. The van der Waals surface area contributed by atoms with Crippen molar-refractivity contribution < 1.29 is 9.31 Å². The average Bonchev–Trinajstić information content (AvgIpc) is 2.78. The van der Waals surface area contributed by atoms with Gasteiger partial charge in [-0.05, 0) is 23.6 Å². The van der Waals surface area contributed by atoms with Crippen LogP contribution in [0.2, 0.25) is 0 Å². The quantitative estimate of drug-likeness (QED) is 0.670. The number of anilines is 1. The van der Waals surface area contributed by atoms with Crippen LogP contribution in [0.4, 0.5) is 15.8 Å². The van der Waals surface area contributed by atoms with Gasteiger partial charge in [0.15, 0.2) is 0 Å². The van der Waals surface area contributed by atoms with E-state index in [0.29, 0.717) is 6.42 Å². The third kappa shape index (κ3) is 2.45. The summed E-state index contributed by atoms with van der Waals surface area (Å²) in [6.07, 6.45) is 0.626. The highest BCUT2D eigenvalue weighted by Gasteiger charge is 2.28. The minimum absolute atomic E-state index is 0.111. The largest absolute Gasteiger partial charge is 0.376 e. The van der Waals surface area contributed by atoms with Gasteiger partial charge in [-0.25, -0.2) is 4.39 Å². The van der Waals surface area contributed by atoms with E-state index in [1.54, 1.807) is 0 Å². The zero-order chi connectivity index (χ0) is 15.0. The third-order valence-electron chi connectivity index (χ3n) is 3.75. The van der Waals surface area contributed by atoms with E-state index < -0.39 is 10.7 Å². The number of halogens is 1. The van der Waals surface area contributed by atoms with Crippen LogP contribution < -0.4 is 11.1 Å². The van der Waals surface area contributed by atoms with Gasteiger partial charge in [-0.15, -0.1) is 0 Å². The van der Waals surface area contributed by atoms with Crippen LogP contribution in [0.15, 0.2) is 42.5 Å². The molecular formula is C15H14FN3O2. The minimum Gasteiger partial charge on any atom is -0.376 e. The third-order valence-corrected chi connectivity index (χ3v) is 3.75. The fraction of sp³-hybridized carbons (Fsp3) is 0.200. The Hall–Kier alpha value is -2.47. The van der Waals surface area contributed by atoms with Crippen LogP contribution in [0.5, 0.6) is 0 Å². The molecule has 0 heterocycles. The Morgan fingerprint density at radius 2 is 1.95 bits per heavy atom. The number of nitrogens with two attached hydrogens (primary N) is 1. The topological polar surface area (TPSA) is 81.2 Å². The van der Waals surface area contributed by atoms with Crippen molar-refractivity contribution in [2.45, 2.75) is 18.5 Å². The van der Waals surface area contributed by atoms with E-state index >= 15 is 0 Å². The number of nitrogens with one attached hydrogen (secondary N) is 1. The maximum Gasteiger partial charge on any atom is 0.271 e. The second-order valence-corrected chi connectivity index (χ2v) is 5.09. The minimum atomic E-state index is -0.543. The highest BCUT2D eigenvalue weighted by Crippen LogP contribution is 2.39. The van der Waals surface area contributed by atoms with Crippen molar-refractivity contribution in [3.05, 3.63) is 69.5 Å². The molecule has 3 N–H and O–H groups in total. The van der Waals surface area contributed by atoms with Crippen LogP contribution in [-0.2, 0) is 0 Å². The molecule has 0 spiro atoms. The number of hydrogen-bond acceptors (Lipinski definition) is 4. The van der Waals surface area contributed by atoms with Crippen LogP contribution in [-0.4, -0.2) is 4.92 Å². The first-order valence-corrected chi connectivity index (χ1v) is 6.61. The number of non-ortho nitro benzene ring substituents is 1. The Balaban J connectivity index is 1.92. The molecule has 1 aliphatic rings. The summed E-state index contributed by atoms with van der Waals surface area (Å²) in [6, 6.07) is 10.9. The van der Waals surface area contributed by atoms with E-state index in [1.165, 1.54) is 6.07 Å². The summed E-state index contributed by atoms with van der Waals surface area (Å²) in [7, 11) is 0. The molecule has 0 saturated heterocycles. The molecule has 0 radical (unpaired) electrons. The lowest BCUT2D eigenvalue weighted by Gasteiger charge is -2.16. The van der Waals surface area contributed by atoms with Crippen molar-refractivity contribution in [2.75, 3.05) is 5.32 Å². The van der Waals surface area contributed by atoms with Gasteiger partial charge in [-0.3, -0.25) is 10.1 Å². The van der Waals surface area contributed by atoms with Gasteiger partial charge in [0.1, 0.15) is 5.82 Å². The summed E-state index contributed by atoms with van der Waals surface area (Å²) >= 11 is 0. The monoisotopic (exact) mass is 287 g/mol. The standard InChI is InChI=1S/C15H14FN3O2/c16-12-6-5-9(19(20)21)7-15(12)18-14-8-13(17)10-3-1-2-4-11(10)14/h1-7,13-14,18H,8,17H2. The summed E-state index contributed by atoms with van der Waals surface area (Å²) < 4.78 is 13.8. The molecule has 0 bridgehead atoms. The molecular weight excluding hydrogens is 273 g/mol. The Kier molecular flexibility index (Phi) is 3.31. The normalized spacial score (nSPS) is 20.1. The van der Waals surface area contributed by atoms with Crippen LogP contribution in [0.25, 0.3) is 0 Å². The van der Waals surface area contributed by atoms with E-state index in [-0.39, 0.29) is 23.5 Å². The van der Waals surface area contributed by atoms with Crippen molar-refractivity contribution in [2.24, 2.45) is 5.73 Å². The fourth-order valence-corrected chi connectivity index (χ4v) is 2.74. The summed E-state index contributed by atoms with van der Waals surface area (Å²) in [5.74, 6) is -0.515. The summed E-state index contributed by atoms with van der Waals surface area (Å²) in [6.45, 7) is 0. The van der Waals surface area contributed by atoms with Crippen LogP contribution in [0.3, 0.4) is 0 Å². The lowest BCUT2D eigenvalue weighted by molar-refractivity contribution is -0.384. The molecule has 0 saturated carbocycles. The molecule has 5 nitrogen and oxygen atoms in total. The number of hydrogen-bond donors (Lipinski definition) is 2. The molecule has 108 valence electrons. The Bertz CT molecular complexity index is 705. The molecule has 3 rings (SSSR count). The highest BCUT2D eigenvalue weighted by atomic mass is 19.1. The second kappa shape index (κ2) is 5.14. The fourth-order valence-electron chi connectivity index (χ4n) is 2.74. The zero-order valence-electron chi connectivity index (χ0n) is 11.1. The maximum absolute atomic E-state index is 13.8. The number of nitro groups is 1. The van der Waals surface area contributed by atoms with Gasteiger partial charge in [-0.2, -0.15) is 0 Å². The molecule has 0 fully saturated rings. The molecule has 21 heavy (non-hydrogen) atoms. The molecule has 2 unspecified atom stereocenters. The molecule has 2 aromatic rings. The van der Waals surface area contributed by atoms with E-state index in [2.05, 4.69) is 5.32 Å². The molecule has 0 aromatic heterocycles. The average molecular weight is 287 g/mol. The molecule has 1 aliphatic carbocycles. The van der Waals surface area contributed by atoms with Crippen molar-refractivity contribution in [1.82, 2.24) is 0 Å². The second-order valence-electron chi connectivity index (χ2n) is 5.09. The molecule has 0 aliphatic heterocycles. The number of rotatable bonds is 3. The first kappa shape index (κ1) is 13.5. The molecule has 2 aromatic carbocycles. The van der Waals surface area contributed by atoms with Gasteiger partial charge >= 0.3 is 0 Å². The van der Waals surface area contributed by atoms with Crippen molar-refractivity contribution in [1.29, 1.82) is 0 Å². The first-order valence-electron chi connectivity index (χ1n) is 6.61. The van der Waals surface area contributed by atoms with Crippen LogP contribution >= 0.6 is 0 Å². The van der Waals surface area contributed by atoms with Gasteiger partial charge in [0, 0.05) is 18.2 Å². The smallest absolute Gasteiger partial charge is 0.271 e. The summed E-state index contributed by atoms with van der Waals surface area (Å²) in [5, 5.41) is 13.8. The van der Waals surface area contributed by atoms with Gasteiger partial charge in [0.05, 0.1) is 16.7 Å². The number of benzene rings is 2. The first-order chi connectivity index (χ1) is 10.1. The number of fused-ring (bicyclic) bond motifs is 1. The summed E-state index contributed by atoms with van der Waals surface area (Å²) in [5.41, 5.74) is 8.08. The SMILES string of the molecule is NC1CC(Nc2cc([N+](=O)[O-])ccc2F)c2ccccc21. The van der Waals surface area contributed by atoms with E-state index in [9.17, 15) is 14.5 Å². The van der Waals surface area contributed by atoms with E-state index in [1.807, 2.05) is 24.3 Å². The predicted molar refractivity (Wildman–Crippen MR) is 77.4 cm³/mol. The van der Waals surface area contributed by atoms with Crippen molar-refractivity contribution >= 4 is 11.4 Å². The molecule has 2 atom stereocenters. The predicted octanol–water partition coefficient (Wildman–Crippen LogP) is 3.29. The van der Waals surface area contributed by atoms with Gasteiger partial charge in [0.2, 0.25) is 0 Å². The van der Waals surface area contributed by atoms with Crippen LogP contribution in [0, 0.1) is 15.9 Å². The summed E-state index contributed by atoms with van der Waals surface area (Å²) in [4.78, 5) is 10.2. The molecule has 6 heteroatoms. The van der Waals surface area contributed by atoms with E-state index in [0.717, 1.165) is 23.3 Å². The Morgan fingerprint density at radius 1 is 1.24 bits per heavy atom. The van der Waals surface area contributed by atoms with Crippen molar-refractivity contribution in [3.8, 4) is 0 Å². The van der Waals surface area contributed by atoms with Crippen molar-refractivity contribution in [3.63, 3.8) is 0 Å². The van der Waals surface area contributed by atoms with E-state index in [4.69, 9.17) is 5.73 Å². The number of nitro benzene ring substituents is 1. The number of nitrogens with zero attached hydrogens (tertiary/aromatic N) is 1. The lowest BCUT2D eigenvalue weighted by Crippen LogP contribution is -2.11. The molecule has 0 amide bonds. The maximum atomic E-state index is 13.8. The van der Waals surface area contributed by atoms with Crippen LogP contribution in [0.1, 0.15) is 29.6 Å². The Labute approximate surface area is 120 Å². The Morgan fingerprint density at radius 3 is 2.67 bits per heavy atom.